The molecular weight excluding hydrogens is 270 g/mol. The number of aromatic nitrogens is 2. The van der Waals surface area contributed by atoms with E-state index < -0.39 is 5.76 Å². The molecule has 0 bridgehead atoms. The largest absolute Gasteiger partial charge is 0.452 e. The summed E-state index contributed by atoms with van der Waals surface area (Å²) in [6.07, 6.45) is 4.80. The predicted octanol–water partition coefficient (Wildman–Crippen LogP) is 2.83. The smallest absolute Gasteiger partial charge is 0.444 e. The Kier molecular flexibility index (Phi) is 5.43. The molecule has 21 heavy (non-hydrogen) atoms. The second-order valence-electron chi connectivity index (χ2n) is 4.79. The van der Waals surface area contributed by atoms with Gasteiger partial charge in [-0.25, -0.2) is 4.79 Å². The zero-order chi connectivity index (χ0) is 15.1. The Balaban J connectivity index is 2.03. The van der Waals surface area contributed by atoms with Crippen LogP contribution in [0.4, 0.5) is 5.69 Å². The van der Waals surface area contributed by atoms with E-state index in [1.807, 2.05) is 18.2 Å². The number of rotatable bonds is 8. The van der Waals surface area contributed by atoms with Gasteiger partial charge in [0.1, 0.15) is 0 Å². The average Bonchev–Trinajstić information content (AvgIpc) is 2.88. The highest BCUT2D eigenvalue weighted by molar-refractivity contribution is 5.50. The van der Waals surface area contributed by atoms with Crippen LogP contribution in [0.5, 0.6) is 6.08 Å². The summed E-state index contributed by atoms with van der Waals surface area (Å²) in [6.45, 7) is 3.11. The van der Waals surface area contributed by atoms with E-state index in [-0.39, 0.29) is 6.08 Å². The zero-order valence-electron chi connectivity index (χ0n) is 12.5. The van der Waals surface area contributed by atoms with Gasteiger partial charge in [0.2, 0.25) is 0 Å². The Bertz CT molecular complexity index is 619. The molecule has 2 aromatic rings. The summed E-state index contributed by atoms with van der Waals surface area (Å²) in [4.78, 5) is 11.7. The third-order valence-corrected chi connectivity index (χ3v) is 3.15. The van der Waals surface area contributed by atoms with Crippen molar-refractivity contribution in [2.75, 3.05) is 19.0 Å². The van der Waals surface area contributed by atoms with Crippen molar-refractivity contribution >= 4 is 5.69 Å². The van der Waals surface area contributed by atoms with Crippen LogP contribution in [0.1, 0.15) is 32.6 Å². The number of benzene rings is 1. The topological polar surface area (TPSA) is 69.3 Å². The summed E-state index contributed by atoms with van der Waals surface area (Å²) >= 11 is 0. The Morgan fingerprint density at radius 1 is 1.33 bits per heavy atom. The van der Waals surface area contributed by atoms with Crippen LogP contribution in [-0.4, -0.2) is 23.4 Å². The molecule has 0 aliphatic heterocycles. The van der Waals surface area contributed by atoms with Gasteiger partial charge in [0.25, 0.3) is 0 Å². The first-order valence-electron chi connectivity index (χ1n) is 7.23. The summed E-state index contributed by atoms with van der Waals surface area (Å²) in [6, 6.07) is 7.50. The van der Waals surface area contributed by atoms with Gasteiger partial charge in [0.05, 0.1) is 12.8 Å². The minimum atomic E-state index is -0.563. The van der Waals surface area contributed by atoms with Gasteiger partial charge in [-0.05, 0) is 24.6 Å². The van der Waals surface area contributed by atoms with Crippen molar-refractivity contribution in [3.63, 3.8) is 0 Å². The number of ether oxygens (including phenoxy) is 1. The number of hydrogen-bond acceptors (Lipinski definition) is 5. The van der Waals surface area contributed by atoms with Gasteiger partial charge < -0.3 is 14.5 Å². The molecule has 6 nitrogen and oxygen atoms in total. The predicted molar refractivity (Wildman–Crippen MR) is 81.3 cm³/mol. The maximum Gasteiger partial charge on any atom is 0.444 e. The number of nitrogens with one attached hydrogen (secondary N) is 1. The van der Waals surface area contributed by atoms with Gasteiger partial charge >= 0.3 is 11.8 Å². The molecule has 0 saturated carbocycles. The molecule has 0 atom stereocenters. The molecule has 1 aromatic carbocycles. The molecule has 1 N–H and O–H groups in total. The number of methoxy groups -OCH3 is 1. The Hall–Kier alpha value is -2.24. The molecule has 0 aliphatic rings. The summed E-state index contributed by atoms with van der Waals surface area (Å²) in [5.41, 5.74) is 1.60. The summed E-state index contributed by atoms with van der Waals surface area (Å²) in [7, 11) is 1.41. The van der Waals surface area contributed by atoms with E-state index in [0.29, 0.717) is 5.69 Å². The van der Waals surface area contributed by atoms with E-state index in [0.717, 1.165) is 18.7 Å². The minimum Gasteiger partial charge on any atom is -0.452 e. The van der Waals surface area contributed by atoms with Gasteiger partial charge in [0.15, 0.2) is 0 Å². The second kappa shape index (κ2) is 7.52. The van der Waals surface area contributed by atoms with Gasteiger partial charge in [-0.3, -0.25) is 0 Å². The standard InChI is InChI=1S/C15H21N3O3/c1-3-4-5-6-10-16-12-8-7-9-13(11-12)18-15(19)21-14(17-18)20-2/h7-9,11,16H,3-6,10H2,1-2H3. The molecule has 0 amide bonds. The first kappa shape index (κ1) is 15.2. The average molecular weight is 291 g/mol. The van der Waals surface area contributed by atoms with Crippen LogP contribution >= 0.6 is 0 Å². The monoisotopic (exact) mass is 291 g/mol. The second-order valence-corrected chi connectivity index (χ2v) is 4.79. The van der Waals surface area contributed by atoms with Crippen molar-refractivity contribution in [2.45, 2.75) is 32.6 Å². The van der Waals surface area contributed by atoms with Crippen molar-refractivity contribution < 1.29 is 9.15 Å². The van der Waals surface area contributed by atoms with Crippen LogP contribution < -0.4 is 15.8 Å². The van der Waals surface area contributed by atoms with Crippen LogP contribution in [0.2, 0.25) is 0 Å². The Labute approximate surface area is 123 Å². The van der Waals surface area contributed by atoms with E-state index in [1.54, 1.807) is 6.07 Å². The van der Waals surface area contributed by atoms with E-state index >= 15 is 0 Å². The van der Waals surface area contributed by atoms with Gasteiger partial charge in [0, 0.05) is 12.2 Å². The van der Waals surface area contributed by atoms with Crippen LogP contribution in [0.15, 0.2) is 33.5 Å². The lowest BCUT2D eigenvalue weighted by Gasteiger charge is -2.07. The zero-order valence-corrected chi connectivity index (χ0v) is 12.5. The SMILES string of the molecule is CCCCCCNc1cccc(-n2nc(OC)oc2=O)c1. The number of unbranched alkanes of at least 4 members (excludes halogenated alkanes) is 3. The molecule has 6 heteroatoms. The fraction of sp³-hybridized carbons (Fsp3) is 0.467. The molecule has 2 rings (SSSR count). The maximum atomic E-state index is 11.7. The van der Waals surface area contributed by atoms with Gasteiger partial charge in [-0.1, -0.05) is 37.4 Å². The maximum absolute atomic E-state index is 11.7. The molecule has 0 radical (unpaired) electrons. The third-order valence-electron chi connectivity index (χ3n) is 3.15. The van der Waals surface area contributed by atoms with Crippen molar-refractivity contribution in [1.29, 1.82) is 0 Å². The van der Waals surface area contributed by atoms with E-state index in [1.165, 1.54) is 31.1 Å². The lowest BCUT2D eigenvalue weighted by molar-refractivity contribution is 0.282. The molecule has 0 aliphatic carbocycles. The van der Waals surface area contributed by atoms with Gasteiger partial charge in [-0.15, -0.1) is 0 Å². The van der Waals surface area contributed by atoms with Crippen molar-refractivity contribution in [2.24, 2.45) is 0 Å². The number of nitrogens with zero attached hydrogens (tertiary/aromatic N) is 2. The molecule has 0 unspecified atom stereocenters. The lowest BCUT2D eigenvalue weighted by atomic mass is 10.2. The molecule has 0 saturated heterocycles. The van der Waals surface area contributed by atoms with Crippen LogP contribution in [0.25, 0.3) is 5.69 Å². The fourth-order valence-corrected chi connectivity index (χ4v) is 2.04. The molecule has 0 spiro atoms. The summed E-state index contributed by atoms with van der Waals surface area (Å²) in [5.74, 6) is -0.563. The molecular formula is C15H21N3O3. The first-order valence-corrected chi connectivity index (χ1v) is 7.23. The first-order chi connectivity index (χ1) is 10.2. The quantitative estimate of drug-likeness (QED) is 0.757. The van der Waals surface area contributed by atoms with Crippen molar-refractivity contribution in [1.82, 2.24) is 9.78 Å². The Morgan fingerprint density at radius 3 is 2.90 bits per heavy atom. The van der Waals surface area contributed by atoms with Crippen LogP contribution in [-0.2, 0) is 0 Å². The van der Waals surface area contributed by atoms with E-state index in [9.17, 15) is 4.79 Å². The normalized spacial score (nSPS) is 10.6. The van der Waals surface area contributed by atoms with Gasteiger partial charge in [-0.2, -0.15) is 4.68 Å². The summed E-state index contributed by atoms with van der Waals surface area (Å²) in [5, 5.41) is 7.30. The molecule has 114 valence electrons. The fourth-order valence-electron chi connectivity index (χ4n) is 2.04. The van der Waals surface area contributed by atoms with E-state index in [2.05, 4.69) is 17.3 Å². The minimum absolute atomic E-state index is 0.0436. The van der Waals surface area contributed by atoms with Crippen LogP contribution in [0.3, 0.4) is 0 Å². The highest BCUT2D eigenvalue weighted by atomic mass is 16.6. The lowest BCUT2D eigenvalue weighted by Crippen LogP contribution is -2.13. The van der Waals surface area contributed by atoms with E-state index in [4.69, 9.17) is 9.15 Å². The highest BCUT2D eigenvalue weighted by Crippen LogP contribution is 2.14. The van der Waals surface area contributed by atoms with Crippen molar-refractivity contribution in [3.8, 4) is 11.8 Å². The molecule has 0 fully saturated rings. The van der Waals surface area contributed by atoms with Crippen molar-refractivity contribution in [3.05, 3.63) is 34.8 Å². The Morgan fingerprint density at radius 2 is 2.19 bits per heavy atom. The molecule has 1 heterocycles. The third kappa shape index (κ3) is 4.11. The highest BCUT2D eigenvalue weighted by Gasteiger charge is 2.10. The molecule has 1 aromatic heterocycles. The number of hydrogen-bond donors (Lipinski definition) is 1. The summed E-state index contributed by atoms with van der Waals surface area (Å²) < 4.78 is 10.8. The number of anilines is 1. The van der Waals surface area contributed by atoms with Crippen LogP contribution in [0, 0.1) is 0 Å².